The zero-order valence-corrected chi connectivity index (χ0v) is 10.8. The number of rotatable bonds is 4. The first-order valence-electron chi connectivity index (χ1n) is 6.36. The maximum Gasteiger partial charge on any atom is 0.133 e. The van der Waals surface area contributed by atoms with Crippen LogP contribution >= 0.6 is 11.6 Å². The lowest BCUT2D eigenvalue weighted by atomic mass is 9.97. The third-order valence-electron chi connectivity index (χ3n) is 3.66. The maximum atomic E-state index is 13.5. The molecule has 100 valence electrons. The van der Waals surface area contributed by atoms with Crippen LogP contribution in [0.25, 0.3) is 0 Å². The smallest absolute Gasteiger partial charge is 0.133 e. The average Bonchev–Trinajstić information content (AvgIpc) is 2.77. The van der Waals surface area contributed by atoms with E-state index in [4.69, 9.17) is 11.6 Å². The minimum absolute atomic E-state index is 0.198. The summed E-state index contributed by atoms with van der Waals surface area (Å²) in [7, 11) is 0. The summed E-state index contributed by atoms with van der Waals surface area (Å²) < 4.78 is 39.8. The van der Waals surface area contributed by atoms with Crippen molar-refractivity contribution >= 4 is 11.6 Å². The van der Waals surface area contributed by atoms with Crippen LogP contribution in [0.15, 0.2) is 12.1 Å². The quantitative estimate of drug-likeness (QED) is 0.650. The Labute approximate surface area is 110 Å². The first-order chi connectivity index (χ1) is 8.58. The summed E-state index contributed by atoms with van der Waals surface area (Å²) in [5.41, 5.74) is -0.198. The highest BCUT2D eigenvalue weighted by atomic mass is 35.5. The van der Waals surface area contributed by atoms with Gasteiger partial charge in [-0.15, -0.1) is 11.6 Å². The molecule has 0 radical (unpaired) electrons. The van der Waals surface area contributed by atoms with Crippen molar-refractivity contribution in [1.29, 1.82) is 0 Å². The van der Waals surface area contributed by atoms with Crippen molar-refractivity contribution < 1.29 is 13.2 Å². The molecule has 0 spiro atoms. The molecule has 0 N–H and O–H groups in total. The van der Waals surface area contributed by atoms with Crippen LogP contribution in [-0.2, 0) is 0 Å². The number of alkyl halides is 1. The van der Waals surface area contributed by atoms with Crippen molar-refractivity contribution in [2.75, 3.05) is 0 Å². The van der Waals surface area contributed by atoms with Crippen LogP contribution in [0, 0.1) is 23.4 Å². The zero-order chi connectivity index (χ0) is 13.1. The summed E-state index contributed by atoms with van der Waals surface area (Å²) in [4.78, 5) is 0. The maximum absolute atomic E-state index is 13.5. The van der Waals surface area contributed by atoms with E-state index in [9.17, 15) is 13.2 Å². The first kappa shape index (κ1) is 13.7. The van der Waals surface area contributed by atoms with Crippen LogP contribution < -0.4 is 0 Å². The summed E-state index contributed by atoms with van der Waals surface area (Å²) >= 11 is 6.05. The van der Waals surface area contributed by atoms with Gasteiger partial charge in [-0.2, -0.15) is 0 Å². The molecule has 1 aliphatic carbocycles. The molecule has 0 amide bonds. The Morgan fingerprint density at radius 3 is 2.22 bits per heavy atom. The fourth-order valence-electron chi connectivity index (χ4n) is 2.68. The Morgan fingerprint density at radius 1 is 1.11 bits per heavy atom. The lowest BCUT2D eigenvalue weighted by Crippen LogP contribution is -2.03. The SMILES string of the molecule is Fc1cc(F)c(C(Cl)CCC2CCCC2)c(F)c1. The topological polar surface area (TPSA) is 0 Å². The molecular weight excluding hydrogens is 261 g/mol. The van der Waals surface area contributed by atoms with E-state index in [0.717, 1.165) is 6.42 Å². The van der Waals surface area contributed by atoms with Gasteiger partial charge < -0.3 is 0 Å². The van der Waals surface area contributed by atoms with Crippen molar-refractivity contribution in [2.24, 2.45) is 5.92 Å². The molecule has 0 aromatic heterocycles. The highest BCUT2D eigenvalue weighted by molar-refractivity contribution is 6.20. The number of hydrogen-bond acceptors (Lipinski definition) is 0. The molecule has 1 fully saturated rings. The van der Waals surface area contributed by atoms with Crippen molar-refractivity contribution in [3.63, 3.8) is 0 Å². The lowest BCUT2D eigenvalue weighted by molar-refractivity contribution is 0.463. The van der Waals surface area contributed by atoms with Gasteiger partial charge in [0.15, 0.2) is 0 Å². The van der Waals surface area contributed by atoms with Gasteiger partial charge in [-0.25, -0.2) is 13.2 Å². The Bertz CT molecular complexity index is 390. The summed E-state index contributed by atoms with van der Waals surface area (Å²) in [6.45, 7) is 0. The fraction of sp³-hybridized carbons (Fsp3) is 0.571. The highest BCUT2D eigenvalue weighted by Crippen LogP contribution is 2.35. The second kappa shape index (κ2) is 5.96. The Kier molecular flexibility index (Phi) is 4.55. The molecule has 1 aliphatic rings. The highest BCUT2D eigenvalue weighted by Gasteiger charge is 2.22. The molecule has 18 heavy (non-hydrogen) atoms. The molecule has 0 nitrogen and oxygen atoms in total. The van der Waals surface area contributed by atoms with E-state index in [-0.39, 0.29) is 5.56 Å². The van der Waals surface area contributed by atoms with Gasteiger partial charge in [0, 0.05) is 17.7 Å². The molecule has 4 heteroatoms. The van der Waals surface area contributed by atoms with Gasteiger partial charge in [-0.1, -0.05) is 25.7 Å². The second-order valence-electron chi connectivity index (χ2n) is 4.98. The van der Waals surface area contributed by atoms with Gasteiger partial charge in [-0.3, -0.25) is 0 Å². The third kappa shape index (κ3) is 3.19. The normalized spacial score (nSPS) is 18.2. The lowest BCUT2D eigenvalue weighted by Gasteiger charge is -2.14. The van der Waals surface area contributed by atoms with E-state index in [1.807, 2.05) is 0 Å². The van der Waals surface area contributed by atoms with E-state index in [2.05, 4.69) is 0 Å². The summed E-state index contributed by atoms with van der Waals surface area (Å²) in [5.74, 6) is -2.07. The van der Waals surface area contributed by atoms with E-state index < -0.39 is 22.8 Å². The van der Waals surface area contributed by atoms with Gasteiger partial charge in [0.2, 0.25) is 0 Å². The van der Waals surface area contributed by atoms with Gasteiger partial charge in [0.05, 0.1) is 5.38 Å². The van der Waals surface area contributed by atoms with Crippen molar-refractivity contribution in [3.05, 3.63) is 35.1 Å². The van der Waals surface area contributed by atoms with Crippen molar-refractivity contribution in [2.45, 2.75) is 43.9 Å². The first-order valence-corrected chi connectivity index (χ1v) is 6.80. The Balaban J connectivity index is 2.01. The summed E-state index contributed by atoms with van der Waals surface area (Å²) in [6, 6.07) is 1.37. The number of halogens is 4. The minimum Gasteiger partial charge on any atom is -0.207 e. The van der Waals surface area contributed by atoms with Crippen LogP contribution in [0.3, 0.4) is 0 Å². The van der Waals surface area contributed by atoms with Crippen LogP contribution in [0.2, 0.25) is 0 Å². The van der Waals surface area contributed by atoms with Gasteiger partial charge >= 0.3 is 0 Å². The van der Waals surface area contributed by atoms with Crippen molar-refractivity contribution in [1.82, 2.24) is 0 Å². The molecule has 1 atom stereocenters. The summed E-state index contributed by atoms with van der Waals surface area (Å²) in [6.07, 6.45) is 6.24. The van der Waals surface area contributed by atoms with E-state index in [1.165, 1.54) is 25.7 Å². The standard InChI is InChI=1S/C14H16ClF3/c15-11(6-5-9-3-1-2-4-9)14-12(17)7-10(16)8-13(14)18/h7-9,11H,1-6H2. The molecular formula is C14H16ClF3. The number of hydrogen-bond donors (Lipinski definition) is 0. The molecule has 0 saturated heterocycles. The van der Waals surface area contributed by atoms with E-state index in [1.54, 1.807) is 0 Å². The van der Waals surface area contributed by atoms with Crippen LogP contribution in [0.5, 0.6) is 0 Å². The molecule has 0 heterocycles. The zero-order valence-electron chi connectivity index (χ0n) is 10.1. The van der Waals surface area contributed by atoms with E-state index in [0.29, 0.717) is 24.5 Å². The molecule has 2 rings (SSSR count). The molecule has 0 aliphatic heterocycles. The van der Waals surface area contributed by atoms with Crippen molar-refractivity contribution in [3.8, 4) is 0 Å². The van der Waals surface area contributed by atoms with E-state index >= 15 is 0 Å². The Hall–Kier alpha value is -0.700. The number of benzene rings is 1. The minimum atomic E-state index is -0.909. The summed E-state index contributed by atoms with van der Waals surface area (Å²) in [5, 5.41) is -0.716. The molecule has 1 unspecified atom stereocenters. The largest absolute Gasteiger partial charge is 0.207 e. The molecule has 1 saturated carbocycles. The molecule has 0 bridgehead atoms. The predicted octanol–water partition coefficient (Wildman–Crippen LogP) is 5.35. The third-order valence-corrected chi connectivity index (χ3v) is 4.10. The predicted molar refractivity (Wildman–Crippen MR) is 66.1 cm³/mol. The van der Waals surface area contributed by atoms with Gasteiger partial charge in [0.1, 0.15) is 17.5 Å². The van der Waals surface area contributed by atoms with Crippen LogP contribution in [0.1, 0.15) is 49.5 Å². The van der Waals surface area contributed by atoms with Crippen LogP contribution in [0.4, 0.5) is 13.2 Å². The van der Waals surface area contributed by atoms with Gasteiger partial charge in [-0.05, 0) is 18.8 Å². The van der Waals surface area contributed by atoms with Crippen LogP contribution in [-0.4, -0.2) is 0 Å². The molecule has 1 aromatic rings. The molecule has 1 aromatic carbocycles. The average molecular weight is 277 g/mol. The monoisotopic (exact) mass is 276 g/mol. The fourth-order valence-corrected chi connectivity index (χ4v) is 3.01. The van der Waals surface area contributed by atoms with Gasteiger partial charge in [0.25, 0.3) is 0 Å². The Morgan fingerprint density at radius 2 is 1.67 bits per heavy atom. The second-order valence-corrected chi connectivity index (χ2v) is 5.51.